The van der Waals surface area contributed by atoms with E-state index in [0.29, 0.717) is 21.4 Å². The van der Waals surface area contributed by atoms with Crippen molar-refractivity contribution in [1.29, 1.82) is 5.26 Å². The fourth-order valence-corrected chi connectivity index (χ4v) is 3.22. The number of hydrogen-bond acceptors (Lipinski definition) is 5. The van der Waals surface area contributed by atoms with Crippen LogP contribution in [0.25, 0.3) is 11.4 Å². The van der Waals surface area contributed by atoms with E-state index < -0.39 is 0 Å². The number of nitrogens with one attached hydrogen (secondary N) is 1. The third-order valence-corrected chi connectivity index (χ3v) is 4.91. The summed E-state index contributed by atoms with van der Waals surface area (Å²) in [6.07, 6.45) is 0. The van der Waals surface area contributed by atoms with Crippen molar-refractivity contribution in [2.75, 3.05) is 11.1 Å². The Morgan fingerprint density at radius 2 is 2.04 bits per heavy atom. The first-order valence-corrected chi connectivity index (χ1v) is 9.02. The Bertz CT molecular complexity index is 981. The topological polar surface area (TPSA) is 83.6 Å². The molecule has 0 aliphatic rings. The molecule has 26 heavy (non-hydrogen) atoms. The van der Waals surface area contributed by atoms with Crippen LogP contribution in [-0.2, 0) is 11.8 Å². The minimum atomic E-state index is -0.194. The Morgan fingerprint density at radius 1 is 1.27 bits per heavy atom. The maximum Gasteiger partial charge on any atom is 0.234 e. The molecule has 0 atom stereocenters. The molecule has 0 saturated carbocycles. The molecule has 0 bridgehead atoms. The van der Waals surface area contributed by atoms with Crippen LogP contribution in [0.4, 0.5) is 5.69 Å². The molecule has 0 aliphatic heterocycles. The molecule has 1 N–H and O–H groups in total. The quantitative estimate of drug-likeness (QED) is 0.678. The Balaban J connectivity index is 1.63. The Labute approximate surface area is 159 Å². The summed E-state index contributed by atoms with van der Waals surface area (Å²) in [7, 11) is 1.86. The minimum Gasteiger partial charge on any atom is -0.325 e. The van der Waals surface area contributed by atoms with Crippen molar-refractivity contribution in [3.63, 3.8) is 0 Å². The number of carbonyl (C=O) groups is 1. The molecule has 0 aliphatic carbocycles. The Morgan fingerprint density at radius 3 is 2.73 bits per heavy atom. The summed E-state index contributed by atoms with van der Waals surface area (Å²) in [5.41, 5.74) is 1.88. The van der Waals surface area contributed by atoms with E-state index in [4.69, 9.17) is 16.9 Å². The summed E-state index contributed by atoms with van der Waals surface area (Å²) >= 11 is 7.26. The normalized spacial score (nSPS) is 10.3. The number of carbonyl (C=O) groups excluding carboxylic acids is 1. The van der Waals surface area contributed by atoms with Crippen LogP contribution in [0, 0.1) is 11.3 Å². The molecule has 0 radical (unpaired) electrons. The average molecular weight is 384 g/mol. The van der Waals surface area contributed by atoms with E-state index in [1.165, 1.54) is 11.8 Å². The van der Waals surface area contributed by atoms with Gasteiger partial charge in [-0.1, -0.05) is 53.7 Å². The zero-order chi connectivity index (χ0) is 18.5. The van der Waals surface area contributed by atoms with Crippen molar-refractivity contribution in [1.82, 2.24) is 14.8 Å². The predicted molar refractivity (Wildman–Crippen MR) is 102 cm³/mol. The Kier molecular flexibility index (Phi) is 5.56. The molecular weight excluding hydrogens is 370 g/mol. The van der Waals surface area contributed by atoms with E-state index in [2.05, 4.69) is 15.5 Å². The van der Waals surface area contributed by atoms with Crippen LogP contribution in [0.3, 0.4) is 0 Å². The van der Waals surface area contributed by atoms with Crippen molar-refractivity contribution in [2.45, 2.75) is 5.16 Å². The highest BCUT2D eigenvalue weighted by atomic mass is 35.5. The standard InChI is InChI=1S/C18H14ClN5OS/c1-24-17(12-5-3-2-4-6-12)22-23-18(24)26-11-16(25)21-14-8-7-13(10-20)15(19)9-14/h2-9H,11H2,1H3,(H,21,25). The second kappa shape index (κ2) is 8.04. The zero-order valence-corrected chi connectivity index (χ0v) is 15.4. The van der Waals surface area contributed by atoms with Gasteiger partial charge in [0.1, 0.15) is 6.07 Å². The van der Waals surface area contributed by atoms with Crippen molar-refractivity contribution in [3.05, 3.63) is 59.1 Å². The van der Waals surface area contributed by atoms with Gasteiger partial charge in [0.15, 0.2) is 11.0 Å². The van der Waals surface area contributed by atoms with E-state index in [1.807, 2.05) is 48.0 Å². The minimum absolute atomic E-state index is 0.179. The molecule has 3 rings (SSSR count). The average Bonchev–Trinajstić information content (AvgIpc) is 3.01. The molecule has 130 valence electrons. The van der Waals surface area contributed by atoms with Crippen LogP contribution < -0.4 is 5.32 Å². The van der Waals surface area contributed by atoms with Crippen molar-refractivity contribution >= 4 is 35.0 Å². The van der Waals surface area contributed by atoms with Crippen LogP contribution in [0.2, 0.25) is 5.02 Å². The molecule has 0 saturated heterocycles. The Hall–Kier alpha value is -2.82. The molecule has 3 aromatic rings. The largest absolute Gasteiger partial charge is 0.325 e. The second-order valence-corrected chi connectivity index (χ2v) is 6.72. The monoisotopic (exact) mass is 383 g/mol. The summed E-state index contributed by atoms with van der Waals surface area (Å²) in [4.78, 5) is 12.1. The third kappa shape index (κ3) is 4.04. The highest BCUT2D eigenvalue weighted by Gasteiger charge is 2.13. The molecular formula is C18H14ClN5OS. The lowest BCUT2D eigenvalue weighted by Crippen LogP contribution is -2.14. The first kappa shape index (κ1) is 18.0. The van der Waals surface area contributed by atoms with Gasteiger partial charge in [0.05, 0.1) is 16.3 Å². The van der Waals surface area contributed by atoms with Crippen LogP contribution in [0.15, 0.2) is 53.7 Å². The summed E-state index contributed by atoms with van der Waals surface area (Å²) in [5.74, 6) is 0.727. The fourth-order valence-electron chi connectivity index (χ4n) is 2.29. The van der Waals surface area contributed by atoms with Gasteiger partial charge in [-0.15, -0.1) is 10.2 Å². The van der Waals surface area contributed by atoms with Gasteiger partial charge in [0.2, 0.25) is 5.91 Å². The molecule has 2 aromatic carbocycles. The first-order valence-electron chi connectivity index (χ1n) is 7.65. The zero-order valence-electron chi connectivity index (χ0n) is 13.8. The molecule has 0 spiro atoms. The number of halogens is 1. The van der Waals surface area contributed by atoms with Gasteiger partial charge < -0.3 is 9.88 Å². The van der Waals surface area contributed by atoms with E-state index >= 15 is 0 Å². The number of nitriles is 1. The van der Waals surface area contributed by atoms with Crippen molar-refractivity contribution in [3.8, 4) is 17.5 Å². The second-order valence-electron chi connectivity index (χ2n) is 5.37. The molecule has 1 amide bonds. The predicted octanol–water partition coefficient (Wildman–Crippen LogP) is 3.74. The van der Waals surface area contributed by atoms with E-state index in [0.717, 1.165) is 11.4 Å². The number of amides is 1. The fraction of sp³-hybridized carbons (Fsp3) is 0.111. The van der Waals surface area contributed by atoms with Gasteiger partial charge in [-0.25, -0.2) is 0 Å². The number of hydrogen-bond donors (Lipinski definition) is 1. The van der Waals surface area contributed by atoms with Gasteiger partial charge in [0, 0.05) is 18.3 Å². The molecule has 6 nitrogen and oxygen atoms in total. The number of thioether (sulfide) groups is 1. The first-order chi connectivity index (χ1) is 12.6. The lowest BCUT2D eigenvalue weighted by molar-refractivity contribution is -0.113. The summed E-state index contributed by atoms with van der Waals surface area (Å²) in [5, 5.41) is 20.9. The smallest absolute Gasteiger partial charge is 0.234 e. The van der Waals surface area contributed by atoms with Crippen LogP contribution in [0.1, 0.15) is 5.56 Å². The van der Waals surface area contributed by atoms with E-state index in [1.54, 1.807) is 18.2 Å². The van der Waals surface area contributed by atoms with E-state index in [-0.39, 0.29) is 11.7 Å². The highest BCUT2D eigenvalue weighted by Crippen LogP contribution is 2.23. The maximum atomic E-state index is 12.1. The molecule has 1 aromatic heterocycles. The number of aromatic nitrogens is 3. The molecule has 0 unspecified atom stereocenters. The molecule has 8 heteroatoms. The van der Waals surface area contributed by atoms with Crippen LogP contribution in [0.5, 0.6) is 0 Å². The summed E-state index contributed by atoms with van der Waals surface area (Å²) in [6.45, 7) is 0. The summed E-state index contributed by atoms with van der Waals surface area (Å²) in [6, 6.07) is 16.5. The SMILES string of the molecule is Cn1c(SCC(=O)Nc2ccc(C#N)c(Cl)c2)nnc1-c1ccccc1. The van der Waals surface area contributed by atoms with Gasteiger partial charge in [-0.2, -0.15) is 5.26 Å². The molecule has 0 fully saturated rings. The van der Waals surface area contributed by atoms with Gasteiger partial charge >= 0.3 is 0 Å². The van der Waals surface area contributed by atoms with Crippen LogP contribution in [-0.4, -0.2) is 26.4 Å². The van der Waals surface area contributed by atoms with Gasteiger partial charge in [0.25, 0.3) is 0 Å². The van der Waals surface area contributed by atoms with Crippen LogP contribution >= 0.6 is 23.4 Å². The number of benzene rings is 2. The number of nitrogens with zero attached hydrogens (tertiary/aromatic N) is 4. The molecule has 1 heterocycles. The number of anilines is 1. The van der Waals surface area contributed by atoms with Crippen molar-refractivity contribution in [2.24, 2.45) is 7.05 Å². The lowest BCUT2D eigenvalue weighted by Gasteiger charge is -2.06. The van der Waals surface area contributed by atoms with Gasteiger partial charge in [-0.3, -0.25) is 4.79 Å². The highest BCUT2D eigenvalue weighted by molar-refractivity contribution is 7.99. The number of rotatable bonds is 5. The third-order valence-electron chi connectivity index (χ3n) is 3.57. The summed E-state index contributed by atoms with van der Waals surface area (Å²) < 4.78 is 1.85. The van der Waals surface area contributed by atoms with Crippen molar-refractivity contribution < 1.29 is 4.79 Å². The lowest BCUT2D eigenvalue weighted by atomic mass is 10.2. The van der Waals surface area contributed by atoms with Gasteiger partial charge in [-0.05, 0) is 18.2 Å². The van der Waals surface area contributed by atoms with E-state index in [9.17, 15) is 4.79 Å². The maximum absolute atomic E-state index is 12.1.